The Morgan fingerprint density at radius 1 is 1.10 bits per heavy atom. The molecule has 0 spiro atoms. The number of hydrogen-bond donors (Lipinski definition) is 2. The largest absolute Gasteiger partial charge is 0.508 e. The standard InChI is InChI=1S/C25H30N2O2/c1-3-14-27(15-4-2)25(29)18-10-13-23-22(16-18)20-6-5-7-21(20)24(26-23)17-8-11-19(28)12-9-17/h5-6,8-13,16,20-21,24,26,28H,3-4,7,14-15H2,1-2H3. The molecule has 29 heavy (non-hydrogen) atoms. The average molecular weight is 391 g/mol. The lowest BCUT2D eigenvalue weighted by Gasteiger charge is -2.38. The van der Waals surface area contributed by atoms with Gasteiger partial charge in [0.25, 0.3) is 5.91 Å². The minimum absolute atomic E-state index is 0.135. The molecule has 2 aromatic rings. The van der Waals surface area contributed by atoms with Gasteiger partial charge in [-0.2, -0.15) is 0 Å². The van der Waals surface area contributed by atoms with E-state index in [-0.39, 0.29) is 17.7 Å². The van der Waals surface area contributed by atoms with Crippen LogP contribution in [0.25, 0.3) is 0 Å². The number of nitrogens with one attached hydrogen (secondary N) is 1. The highest BCUT2D eigenvalue weighted by molar-refractivity contribution is 5.95. The summed E-state index contributed by atoms with van der Waals surface area (Å²) in [5.41, 5.74) is 4.29. The minimum Gasteiger partial charge on any atom is -0.508 e. The molecular formula is C25H30N2O2. The summed E-state index contributed by atoms with van der Waals surface area (Å²) in [6.45, 7) is 5.84. The molecule has 2 aromatic carbocycles. The quantitative estimate of drug-likeness (QED) is 0.642. The number of phenols is 1. The maximum absolute atomic E-state index is 13.1. The molecule has 0 aromatic heterocycles. The van der Waals surface area contributed by atoms with Crippen LogP contribution in [0, 0.1) is 5.92 Å². The molecule has 1 aliphatic heterocycles. The predicted molar refractivity (Wildman–Crippen MR) is 117 cm³/mol. The van der Waals surface area contributed by atoms with Crippen LogP contribution in [0.15, 0.2) is 54.6 Å². The molecule has 4 heteroatoms. The molecule has 2 N–H and O–H groups in total. The number of hydrogen-bond acceptors (Lipinski definition) is 3. The molecule has 0 saturated heterocycles. The van der Waals surface area contributed by atoms with E-state index in [9.17, 15) is 9.90 Å². The summed E-state index contributed by atoms with van der Waals surface area (Å²) in [5.74, 6) is 1.15. The van der Waals surface area contributed by atoms with Gasteiger partial charge < -0.3 is 15.3 Å². The van der Waals surface area contributed by atoms with E-state index in [1.165, 1.54) is 11.1 Å². The first-order valence-corrected chi connectivity index (χ1v) is 10.8. The number of benzene rings is 2. The van der Waals surface area contributed by atoms with E-state index in [0.717, 1.165) is 43.6 Å². The van der Waals surface area contributed by atoms with E-state index >= 15 is 0 Å². The van der Waals surface area contributed by atoms with E-state index in [2.05, 4.69) is 43.4 Å². The highest BCUT2D eigenvalue weighted by atomic mass is 16.3. The summed E-state index contributed by atoms with van der Waals surface area (Å²) >= 11 is 0. The number of carbonyl (C=O) groups is 1. The zero-order valence-electron chi connectivity index (χ0n) is 17.3. The van der Waals surface area contributed by atoms with E-state index in [1.807, 2.05) is 23.1 Å². The zero-order chi connectivity index (χ0) is 20.4. The monoisotopic (exact) mass is 390 g/mol. The fraction of sp³-hybridized carbons (Fsp3) is 0.400. The van der Waals surface area contributed by atoms with Crippen molar-refractivity contribution in [2.75, 3.05) is 18.4 Å². The Balaban J connectivity index is 1.65. The molecule has 3 unspecified atom stereocenters. The number of nitrogens with zero attached hydrogens (tertiary/aromatic N) is 1. The van der Waals surface area contributed by atoms with Gasteiger partial charge in [0.2, 0.25) is 0 Å². The van der Waals surface area contributed by atoms with Gasteiger partial charge in [0.15, 0.2) is 0 Å². The first kappa shape index (κ1) is 19.6. The highest BCUT2D eigenvalue weighted by Crippen LogP contribution is 2.50. The van der Waals surface area contributed by atoms with Gasteiger partial charge in [0.1, 0.15) is 5.75 Å². The molecular weight excluding hydrogens is 360 g/mol. The van der Waals surface area contributed by atoms with Crippen LogP contribution in [0.5, 0.6) is 5.75 Å². The summed E-state index contributed by atoms with van der Waals surface area (Å²) in [5, 5.41) is 13.3. The first-order valence-electron chi connectivity index (χ1n) is 10.8. The van der Waals surface area contributed by atoms with Gasteiger partial charge in [-0.05, 0) is 66.6 Å². The normalized spacial score (nSPS) is 21.9. The second-order valence-electron chi connectivity index (χ2n) is 8.16. The molecule has 4 rings (SSSR count). The van der Waals surface area contributed by atoms with E-state index < -0.39 is 0 Å². The van der Waals surface area contributed by atoms with Crippen molar-refractivity contribution in [2.45, 2.75) is 45.1 Å². The third kappa shape index (κ3) is 3.76. The van der Waals surface area contributed by atoms with Gasteiger partial charge in [-0.1, -0.05) is 38.1 Å². The molecule has 0 radical (unpaired) electrons. The maximum Gasteiger partial charge on any atom is 0.253 e. The lowest BCUT2D eigenvalue weighted by atomic mass is 9.76. The molecule has 1 aliphatic carbocycles. The predicted octanol–water partition coefficient (Wildman–Crippen LogP) is 5.48. The van der Waals surface area contributed by atoms with Gasteiger partial charge in [0, 0.05) is 30.3 Å². The fourth-order valence-corrected chi connectivity index (χ4v) is 4.78. The van der Waals surface area contributed by atoms with Crippen molar-refractivity contribution in [3.05, 3.63) is 71.3 Å². The lowest BCUT2D eigenvalue weighted by molar-refractivity contribution is 0.0755. The van der Waals surface area contributed by atoms with Gasteiger partial charge in [-0.15, -0.1) is 0 Å². The number of anilines is 1. The van der Waals surface area contributed by atoms with E-state index in [1.54, 1.807) is 12.1 Å². The van der Waals surface area contributed by atoms with Crippen LogP contribution in [0.1, 0.15) is 66.6 Å². The molecule has 0 fully saturated rings. The van der Waals surface area contributed by atoms with Crippen molar-refractivity contribution in [1.29, 1.82) is 0 Å². The Hall–Kier alpha value is -2.75. The Kier molecular flexibility index (Phi) is 5.61. The molecule has 0 bridgehead atoms. The second kappa shape index (κ2) is 8.32. The van der Waals surface area contributed by atoms with Crippen molar-refractivity contribution in [1.82, 2.24) is 4.90 Å². The Morgan fingerprint density at radius 3 is 2.52 bits per heavy atom. The number of amides is 1. The average Bonchev–Trinajstić information content (AvgIpc) is 3.23. The van der Waals surface area contributed by atoms with Crippen LogP contribution >= 0.6 is 0 Å². The van der Waals surface area contributed by atoms with E-state index in [4.69, 9.17) is 0 Å². The maximum atomic E-state index is 13.1. The summed E-state index contributed by atoms with van der Waals surface area (Å²) in [6.07, 6.45) is 7.51. The molecule has 0 saturated carbocycles. The Morgan fingerprint density at radius 2 is 1.83 bits per heavy atom. The van der Waals surface area contributed by atoms with Crippen LogP contribution < -0.4 is 5.32 Å². The number of allylic oxidation sites excluding steroid dienone is 2. The van der Waals surface area contributed by atoms with Crippen LogP contribution in [-0.4, -0.2) is 29.0 Å². The molecule has 1 heterocycles. The summed E-state index contributed by atoms with van der Waals surface area (Å²) in [4.78, 5) is 15.1. The molecule has 4 nitrogen and oxygen atoms in total. The topological polar surface area (TPSA) is 52.6 Å². The molecule has 152 valence electrons. The van der Waals surface area contributed by atoms with Crippen molar-refractivity contribution in [2.24, 2.45) is 5.92 Å². The van der Waals surface area contributed by atoms with Crippen molar-refractivity contribution < 1.29 is 9.90 Å². The van der Waals surface area contributed by atoms with Crippen LogP contribution in [-0.2, 0) is 0 Å². The fourth-order valence-electron chi connectivity index (χ4n) is 4.78. The van der Waals surface area contributed by atoms with Crippen LogP contribution in [0.4, 0.5) is 5.69 Å². The summed E-state index contributed by atoms with van der Waals surface area (Å²) in [6, 6.07) is 13.8. The van der Waals surface area contributed by atoms with Crippen molar-refractivity contribution in [3.8, 4) is 5.75 Å². The molecule has 3 atom stereocenters. The van der Waals surface area contributed by atoms with Crippen LogP contribution in [0.2, 0.25) is 0 Å². The third-order valence-electron chi connectivity index (χ3n) is 6.14. The highest BCUT2D eigenvalue weighted by Gasteiger charge is 2.38. The molecule has 2 aliphatic rings. The van der Waals surface area contributed by atoms with Gasteiger partial charge in [-0.25, -0.2) is 0 Å². The van der Waals surface area contributed by atoms with Crippen molar-refractivity contribution in [3.63, 3.8) is 0 Å². The Bertz CT molecular complexity index is 898. The minimum atomic E-state index is 0.135. The third-order valence-corrected chi connectivity index (χ3v) is 6.14. The van der Waals surface area contributed by atoms with Crippen molar-refractivity contribution >= 4 is 11.6 Å². The number of carbonyl (C=O) groups excluding carboxylic acids is 1. The lowest BCUT2D eigenvalue weighted by Crippen LogP contribution is -2.33. The zero-order valence-corrected chi connectivity index (χ0v) is 17.3. The summed E-state index contributed by atoms with van der Waals surface area (Å²) in [7, 11) is 0. The number of fused-ring (bicyclic) bond motifs is 3. The van der Waals surface area contributed by atoms with Gasteiger partial charge in [-0.3, -0.25) is 4.79 Å². The second-order valence-corrected chi connectivity index (χ2v) is 8.16. The number of phenolic OH excluding ortho intramolecular Hbond substituents is 1. The Labute approximate surface area is 173 Å². The van der Waals surface area contributed by atoms with Gasteiger partial charge in [0.05, 0.1) is 6.04 Å². The molecule has 1 amide bonds. The number of aromatic hydroxyl groups is 1. The number of rotatable bonds is 6. The van der Waals surface area contributed by atoms with Gasteiger partial charge >= 0.3 is 0 Å². The van der Waals surface area contributed by atoms with E-state index in [0.29, 0.717) is 11.8 Å². The first-order chi connectivity index (χ1) is 14.1. The summed E-state index contributed by atoms with van der Waals surface area (Å²) < 4.78 is 0. The van der Waals surface area contributed by atoms with Crippen LogP contribution in [0.3, 0.4) is 0 Å². The SMILES string of the molecule is CCCN(CCC)C(=O)c1ccc2c(c1)C1C=CCC1C(c1ccc(O)cc1)N2. The smallest absolute Gasteiger partial charge is 0.253 e.